The van der Waals surface area contributed by atoms with Crippen LogP contribution >= 0.6 is 15.9 Å². The number of fused-ring (bicyclic) bond motifs is 2. The van der Waals surface area contributed by atoms with Gasteiger partial charge < -0.3 is 25.0 Å². The van der Waals surface area contributed by atoms with Crippen LogP contribution < -0.4 is 11.0 Å². The Kier molecular flexibility index (Phi) is 5.22. The number of aromatic amines is 3. The number of aromatic nitrogens is 3. The van der Waals surface area contributed by atoms with Gasteiger partial charge in [-0.05, 0) is 46.1 Å². The van der Waals surface area contributed by atoms with Crippen molar-refractivity contribution in [1.29, 1.82) is 0 Å². The summed E-state index contributed by atoms with van der Waals surface area (Å²) in [5.41, 5.74) is 3.35. The minimum Gasteiger partial charge on any atom is -0.456 e. The van der Waals surface area contributed by atoms with Crippen molar-refractivity contribution in [3.8, 4) is 0 Å². The van der Waals surface area contributed by atoms with Crippen molar-refractivity contribution >= 4 is 55.4 Å². The molecule has 0 atom stereocenters. The topological polar surface area (TPSA) is 120 Å². The van der Waals surface area contributed by atoms with Gasteiger partial charge in [-0.3, -0.25) is 9.59 Å². The number of benzene rings is 2. The predicted molar refractivity (Wildman–Crippen MR) is 113 cm³/mol. The lowest BCUT2D eigenvalue weighted by Gasteiger charge is -2.08. The molecule has 2 aromatic carbocycles. The maximum absolute atomic E-state index is 12.1. The van der Waals surface area contributed by atoms with E-state index < -0.39 is 11.9 Å². The number of anilines is 1. The summed E-state index contributed by atoms with van der Waals surface area (Å²) in [6.45, 7) is -0.388. The standard InChI is InChI=1S/C20H17BrN4O4/c21-13-7-16-17(25-20(28)24-16)8-15(13)23-18(26)10-29-19(27)6-5-11-9-22-14-4-2-1-3-12(11)14/h1-4,7-9,22H,5-6,10H2,(H,23,26)(H2,24,25,28). The lowest BCUT2D eigenvalue weighted by molar-refractivity contribution is -0.147. The maximum atomic E-state index is 12.1. The number of halogens is 1. The molecule has 0 spiro atoms. The number of H-pyrrole nitrogens is 3. The number of esters is 1. The number of rotatable bonds is 6. The molecule has 0 unspecified atom stereocenters. The molecule has 0 saturated carbocycles. The number of aryl methyl sites for hydroxylation is 1. The summed E-state index contributed by atoms with van der Waals surface area (Å²) in [5.74, 6) is -0.918. The van der Waals surface area contributed by atoms with Crippen LogP contribution in [0.4, 0.5) is 5.69 Å². The molecule has 2 aromatic heterocycles. The molecule has 0 aliphatic carbocycles. The van der Waals surface area contributed by atoms with E-state index in [1.807, 2.05) is 30.5 Å². The second kappa shape index (κ2) is 7.96. The van der Waals surface area contributed by atoms with Crippen molar-refractivity contribution in [1.82, 2.24) is 15.0 Å². The SMILES string of the molecule is O=C(COC(=O)CCc1c[nH]c2ccccc12)Nc1cc2[nH]c(=O)[nH]c2cc1Br. The Bertz CT molecular complexity index is 1270. The number of nitrogens with one attached hydrogen (secondary N) is 4. The molecule has 0 radical (unpaired) electrons. The van der Waals surface area contributed by atoms with E-state index in [2.05, 4.69) is 36.2 Å². The quantitative estimate of drug-likeness (QED) is 0.333. The average Bonchev–Trinajstić information content (AvgIpc) is 3.27. The molecule has 4 aromatic rings. The molecule has 2 heterocycles. The first-order chi connectivity index (χ1) is 14.0. The van der Waals surface area contributed by atoms with Gasteiger partial charge in [0.15, 0.2) is 6.61 Å². The summed E-state index contributed by atoms with van der Waals surface area (Å²) in [5, 5.41) is 3.73. The first-order valence-electron chi connectivity index (χ1n) is 8.91. The number of hydrogen-bond acceptors (Lipinski definition) is 4. The van der Waals surface area contributed by atoms with Crippen LogP contribution in [0.25, 0.3) is 21.9 Å². The Morgan fingerprint density at radius 2 is 1.83 bits per heavy atom. The van der Waals surface area contributed by atoms with Gasteiger partial charge in [-0.1, -0.05) is 18.2 Å². The number of hydrogen-bond donors (Lipinski definition) is 4. The summed E-state index contributed by atoms with van der Waals surface area (Å²) < 4.78 is 5.67. The van der Waals surface area contributed by atoms with E-state index in [0.29, 0.717) is 27.6 Å². The molecule has 9 heteroatoms. The molecule has 0 bridgehead atoms. The van der Waals surface area contributed by atoms with Crippen LogP contribution in [0.2, 0.25) is 0 Å². The lowest BCUT2D eigenvalue weighted by Crippen LogP contribution is -2.21. The molecule has 29 heavy (non-hydrogen) atoms. The number of imidazole rings is 1. The molecule has 1 amide bonds. The molecule has 0 saturated heterocycles. The zero-order chi connectivity index (χ0) is 20.4. The highest BCUT2D eigenvalue weighted by molar-refractivity contribution is 9.10. The molecular formula is C20H17BrN4O4. The third kappa shape index (κ3) is 4.24. The minimum atomic E-state index is -0.469. The number of para-hydroxylation sites is 1. The zero-order valence-corrected chi connectivity index (χ0v) is 16.8. The smallest absolute Gasteiger partial charge is 0.323 e. The Hall–Kier alpha value is -3.33. The fourth-order valence-corrected chi connectivity index (χ4v) is 3.57. The van der Waals surface area contributed by atoms with Gasteiger partial charge >= 0.3 is 11.7 Å². The first kappa shape index (κ1) is 19.0. The first-order valence-corrected chi connectivity index (χ1v) is 9.71. The summed E-state index contributed by atoms with van der Waals surface area (Å²) in [6, 6.07) is 11.1. The van der Waals surface area contributed by atoms with Crippen molar-refractivity contribution in [2.24, 2.45) is 0 Å². The van der Waals surface area contributed by atoms with Gasteiger partial charge in [0, 0.05) is 28.0 Å². The highest BCUT2D eigenvalue weighted by Gasteiger charge is 2.12. The molecule has 4 N–H and O–H groups in total. The highest BCUT2D eigenvalue weighted by Crippen LogP contribution is 2.26. The molecule has 0 aliphatic rings. The van der Waals surface area contributed by atoms with Crippen LogP contribution in [0.3, 0.4) is 0 Å². The molecule has 4 rings (SSSR count). The third-order valence-electron chi connectivity index (χ3n) is 4.52. The second-order valence-corrected chi connectivity index (χ2v) is 7.38. The Morgan fingerprint density at radius 3 is 2.66 bits per heavy atom. The van der Waals surface area contributed by atoms with Crippen molar-refractivity contribution in [2.45, 2.75) is 12.8 Å². The van der Waals surface area contributed by atoms with Crippen molar-refractivity contribution in [3.63, 3.8) is 0 Å². The zero-order valence-electron chi connectivity index (χ0n) is 15.2. The van der Waals surface area contributed by atoms with E-state index in [1.54, 1.807) is 12.1 Å². The minimum absolute atomic E-state index is 0.176. The van der Waals surface area contributed by atoms with Gasteiger partial charge in [0.2, 0.25) is 0 Å². The van der Waals surface area contributed by atoms with Gasteiger partial charge in [-0.2, -0.15) is 0 Å². The van der Waals surface area contributed by atoms with Crippen LogP contribution in [0.1, 0.15) is 12.0 Å². The predicted octanol–water partition coefficient (Wildman–Crippen LogP) is 3.21. The van der Waals surface area contributed by atoms with Crippen molar-refractivity contribution < 1.29 is 14.3 Å². The van der Waals surface area contributed by atoms with Crippen molar-refractivity contribution in [2.75, 3.05) is 11.9 Å². The Labute approximate surface area is 172 Å². The Balaban J connectivity index is 1.30. The molecule has 0 aliphatic heterocycles. The van der Waals surface area contributed by atoms with Crippen LogP contribution in [0.15, 0.2) is 51.9 Å². The van der Waals surface area contributed by atoms with Gasteiger partial charge in [0.05, 0.1) is 16.7 Å². The second-order valence-electron chi connectivity index (χ2n) is 6.53. The van der Waals surface area contributed by atoms with E-state index in [0.717, 1.165) is 16.5 Å². The average molecular weight is 457 g/mol. The fraction of sp³-hybridized carbons (Fsp3) is 0.150. The summed E-state index contributed by atoms with van der Waals surface area (Å²) in [4.78, 5) is 43.9. The highest BCUT2D eigenvalue weighted by atomic mass is 79.9. The van der Waals surface area contributed by atoms with Crippen LogP contribution in [0, 0.1) is 0 Å². The summed E-state index contributed by atoms with van der Waals surface area (Å²) in [6.07, 6.45) is 2.58. The van der Waals surface area contributed by atoms with Crippen molar-refractivity contribution in [3.05, 3.63) is 63.1 Å². The van der Waals surface area contributed by atoms with E-state index in [-0.39, 0.29) is 18.7 Å². The number of carbonyl (C=O) groups excluding carboxylic acids is 2. The maximum Gasteiger partial charge on any atom is 0.323 e. The monoisotopic (exact) mass is 456 g/mol. The van der Waals surface area contributed by atoms with Crippen LogP contribution in [0.5, 0.6) is 0 Å². The largest absolute Gasteiger partial charge is 0.456 e. The molecule has 8 nitrogen and oxygen atoms in total. The van der Waals surface area contributed by atoms with E-state index in [4.69, 9.17) is 4.74 Å². The Morgan fingerprint density at radius 1 is 1.07 bits per heavy atom. The fourth-order valence-electron chi connectivity index (χ4n) is 3.13. The third-order valence-corrected chi connectivity index (χ3v) is 5.17. The van der Waals surface area contributed by atoms with Gasteiger partial charge in [0.1, 0.15) is 0 Å². The van der Waals surface area contributed by atoms with E-state index in [1.165, 1.54) is 0 Å². The number of ether oxygens (including phenoxy) is 1. The van der Waals surface area contributed by atoms with Gasteiger partial charge in [-0.15, -0.1) is 0 Å². The molecule has 0 fully saturated rings. The van der Waals surface area contributed by atoms with Gasteiger partial charge in [0.25, 0.3) is 5.91 Å². The lowest BCUT2D eigenvalue weighted by atomic mass is 10.1. The van der Waals surface area contributed by atoms with Crippen LogP contribution in [-0.2, 0) is 20.7 Å². The van der Waals surface area contributed by atoms with Crippen LogP contribution in [-0.4, -0.2) is 33.4 Å². The summed E-state index contributed by atoms with van der Waals surface area (Å²) >= 11 is 3.34. The van der Waals surface area contributed by atoms with E-state index in [9.17, 15) is 14.4 Å². The summed E-state index contributed by atoms with van der Waals surface area (Å²) in [7, 11) is 0. The normalized spacial score (nSPS) is 11.1. The van der Waals surface area contributed by atoms with E-state index >= 15 is 0 Å². The molecular weight excluding hydrogens is 440 g/mol. The van der Waals surface area contributed by atoms with Gasteiger partial charge in [-0.25, -0.2) is 4.79 Å². The number of amides is 1. The number of carbonyl (C=O) groups is 2. The molecule has 148 valence electrons.